The van der Waals surface area contributed by atoms with Crippen molar-refractivity contribution in [3.05, 3.63) is 66.6 Å². The molecule has 0 saturated carbocycles. The van der Waals surface area contributed by atoms with Gasteiger partial charge in [0.05, 0.1) is 5.56 Å². The Morgan fingerprint density at radius 1 is 1.20 bits per heavy atom. The van der Waals surface area contributed by atoms with E-state index in [1.165, 1.54) is 0 Å². The van der Waals surface area contributed by atoms with E-state index >= 15 is 0 Å². The van der Waals surface area contributed by atoms with E-state index in [0.717, 1.165) is 11.3 Å². The molecule has 2 heterocycles. The van der Waals surface area contributed by atoms with Gasteiger partial charge in [-0.15, -0.1) is 0 Å². The Bertz CT molecular complexity index is 734. The van der Waals surface area contributed by atoms with Crippen molar-refractivity contribution in [1.82, 2.24) is 9.38 Å². The third-order valence-corrected chi connectivity index (χ3v) is 3.26. The molecule has 2 aromatic heterocycles. The number of anilines is 1. The Morgan fingerprint density at radius 2 is 2.00 bits per heavy atom. The van der Waals surface area contributed by atoms with Crippen LogP contribution in [0.3, 0.4) is 0 Å². The highest BCUT2D eigenvalue weighted by molar-refractivity contribution is 6.06. The van der Waals surface area contributed by atoms with Gasteiger partial charge in [-0.3, -0.25) is 4.79 Å². The molecule has 3 aromatic rings. The van der Waals surface area contributed by atoms with Crippen LogP contribution in [0.1, 0.15) is 17.3 Å². The highest BCUT2D eigenvalue weighted by Crippen LogP contribution is 2.17. The molecular formula is C16H15N3O. The number of amides is 1. The molecule has 1 aromatic carbocycles. The van der Waals surface area contributed by atoms with Crippen LogP contribution >= 0.6 is 0 Å². The number of nitrogens with zero attached hydrogens (tertiary/aromatic N) is 3. The molecule has 0 N–H and O–H groups in total. The van der Waals surface area contributed by atoms with Gasteiger partial charge in [0, 0.05) is 30.8 Å². The van der Waals surface area contributed by atoms with E-state index in [0.29, 0.717) is 12.1 Å². The molecule has 0 bridgehead atoms. The maximum Gasteiger partial charge on any atom is 0.259 e. The summed E-state index contributed by atoms with van der Waals surface area (Å²) in [4.78, 5) is 18.6. The molecule has 20 heavy (non-hydrogen) atoms. The highest BCUT2D eigenvalue weighted by atomic mass is 16.2. The number of benzene rings is 1. The predicted octanol–water partition coefficient (Wildman–Crippen LogP) is 3.00. The molecule has 0 fully saturated rings. The summed E-state index contributed by atoms with van der Waals surface area (Å²) in [5.74, 6) is -0.00528. The first kappa shape index (κ1) is 12.4. The zero-order valence-corrected chi connectivity index (χ0v) is 11.2. The van der Waals surface area contributed by atoms with Crippen molar-refractivity contribution in [3.8, 4) is 0 Å². The van der Waals surface area contributed by atoms with Crippen LogP contribution in [0.5, 0.6) is 0 Å². The molecule has 0 saturated heterocycles. The maximum atomic E-state index is 12.6. The minimum Gasteiger partial charge on any atom is -0.309 e. The minimum atomic E-state index is -0.00528. The van der Waals surface area contributed by atoms with Gasteiger partial charge in [-0.1, -0.05) is 18.2 Å². The molecule has 0 unspecified atom stereocenters. The lowest BCUT2D eigenvalue weighted by Crippen LogP contribution is -2.30. The van der Waals surface area contributed by atoms with Gasteiger partial charge in [-0.05, 0) is 31.2 Å². The fourth-order valence-electron chi connectivity index (χ4n) is 2.25. The lowest BCUT2D eigenvalue weighted by atomic mass is 10.2. The van der Waals surface area contributed by atoms with Crippen LogP contribution in [0, 0.1) is 0 Å². The Balaban J connectivity index is 1.97. The molecule has 0 aliphatic carbocycles. The van der Waals surface area contributed by atoms with Crippen LogP contribution in [0.15, 0.2) is 61.1 Å². The summed E-state index contributed by atoms with van der Waals surface area (Å²) in [5, 5.41) is 0. The summed E-state index contributed by atoms with van der Waals surface area (Å²) in [6.45, 7) is 2.60. The van der Waals surface area contributed by atoms with Crippen molar-refractivity contribution >= 4 is 17.2 Å². The zero-order valence-electron chi connectivity index (χ0n) is 11.2. The monoisotopic (exact) mass is 265 g/mol. The lowest BCUT2D eigenvalue weighted by molar-refractivity contribution is 0.0988. The second kappa shape index (κ2) is 5.17. The fourth-order valence-corrected chi connectivity index (χ4v) is 2.25. The number of imidazole rings is 1. The predicted molar refractivity (Wildman–Crippen MR) is 79.0 cm³/mol. The van der Waals surface area contributed by atoms with Crippen LogP contribution < -0.4 is 4.90 Å². The summed E-state index contributed by atoms with van der Waals surface area (Å²) in [6.07, 6.45) is 5.37. The third-order valence-electron chi connectivity index (χ3n) is 3.26. The van der Waals surface area contributed by atoms with Crippen LogP contribution in [0.4, 0.5) is 5.69 Å². The molecule has 100 valence electrons. The summed E-state index contributed by atoms with van der Waals surface area (Å²) in [7, 11) is 0. The van der Waals surface area contributed by atoms with Crippen molar-refractivity contribution in [2.45, 2.75) is 6.92 Å². The molecule has 4 heteroatoms. The Labute approximate surface area is 117 Å². The summed E-state index contributed by atoms with van der Waals surface area (Å²) in [5.41, 5.74) is 2.40. The first-order valence-corrected chi connectivity index (χ1v) is 6.59. The van der Waals surface area contributed by atoms with E-state index in [1.807, 2.05) is 66.2 Å². The molecule has 0 aliphatic rings. The Morgan fingerprint density at radius 3 is 2.75 bits per heavy atom. The van der Waals surface area contributed by atoms with Crippen molar-refractivity contribution in [2.75, 3.05) is 11.4 Å². The van der Waals surface area contributed by atoms with Gasteiger partial charge in [0.15, 0.2) is 0 Å². The standard InChI is InChI=1S/C16H15N3O/c1-2-19(14-6-4-3-5-7-14)16(20)13-8-9-15-17-10-11-18(15)12-13/h3-12H,2H2,1H3. The van der Waals surface area contributed by atoms with E-state index in [2.05, 4.69) is 4.98 Å². The molecule has 4 nitrogen and oxygen atoms in total. The number of para-hydroxylation sites is 1. The number of fused-ring (bicyclic) bond motifs is 1. The van der Waals surface area contributed by atoms with E-state index in [-0.39, 0.29) is 5.91 Å². The number of aromatic nitrogens is 2. The topological polar surface area (TPSA) is 37.6 Å². The largest absolute Gasteiger partial charge is 0.309 e. The van der Waals surface area contributed by atoms with E-state index < -0.39 is 0 Å². The van der Waals surface area contributed by atoms with Gasteiger partial charge in [-0.25, -0.2) is 4.98 Å². The second-order valence-corrected chi connectivity index (χ2v) is 4.50. The number of pyridine rings is 1. The van der Waals surface area contributed by atoms with Crippen molar-refractivity contribution in [1.29, 1.82) is 0 Å². The normalized spacial score (nSPS) is 10.7. The summed E-state index contributed by atoms with van der Waals surface area (Å²) >= 11 is 0. The lowest BCUT2D eigenvalue weighted by Gasteiger charge is -2.21. The van der Waals surface area contributed by atoms with Gasteiger partial charge < -0.3 is 9.30 Å². The second-order valence-electron chi connectivity index (χ2n) is 4.50. The van der Waals surface area contributed by atoms with Gasteiger partial charge in [0.25, 0.3) is 5.91 Å². The SMILES string of the molecule is CCN(C(=O)c1ccc2nccn2c1)c1ccccc1. The number of carbonyl (C=O) groups excluding carboxylic acids is 1. The molecule has 0 aliphatic heterocycles. The van der Waals surface area contributed by atoms with Crippen molar-refractivity contribution in [2.24, 2.45) is 0 Å². The van der Waals surface area contributed by atoms with Gasteiger partial charge in [0.1, 0.15) is 5.65 Å². The Kier molecular flexibility index (Phi) is 3.21. The van der Waals surface area contributed by atoms with Gasteiger partial charge in [0.2, 0.25) is 0 Å². The van der Waals surface area contributed by atoms with E-state index in [4.69, 9.17) is 0 Å². The fraction of sp³-hybridized carbons (Fsp3) is 0.125. The minimum absolute atomic E-state index is 0.00528. The van der Waals surface area contributed by atoms with Crippen LogP contribution in [0.25, 0.3) is 5.65 Å². The first-order chi connectivity index (χ1) is 9.79. The Hall–Kier alpha value is -2.62. The third kappa shape index (κ3) is 2.16. The molecular weight excluding hydrogens is 250 g/mol. The average molecular weight is 265 g/mol. The smallest absolute Gasteiger partial charge is 0.259 e. The highest BCUT2D eigenvalue weighted by Gasteiger charge is 2.16. The number of rotatable bonds is 3. The number of hydrogen-bond acceptors (Lipinski definition) is 2. The van der Waals surface area contributed by atoms with E-state index in [1.54, 1.807) is 11.1 Å². The van der Waals surface area contributed by atoms with Crippen LogP contribution in [-0.4, -0.2) is 21.8 Å². The van der Waals surface area contributed by atoms with E-state index in [9.17, 15) is 4.79 Å². The molecule has 0 spiro atoms. The first-order valence-electron chi connectivity index (χ1n) is 6.59. The van der Waals surface area contributed by atoms with Crippen molar-refractivity contribution in [3.63, 3.8) is 0 Å². The summed E-state index contributed by atoms with van der Waals surface area (Å²) < 4.78 is 1.85. The maximum absolute atomic E-state index is 12.6. The number of carbonyl (C=O) groups is 1. The van der Waals surface area contributed by atoms with Gasteiger partial charge >= 0.3 is 0 Å². The molecule has 0 radical (unpaired) electrons. The quantitative estimate of drug-likeness (QED) is 0.730. The van der Waals surface area contributed by atoms with Crippen LogP contribution in [0.2, 0.25) is 0 Å². The van der Waals surface area contributed by atoms with Gasteiger partial charge in [-0.2, -0.15) is 0 Å². The summed E-state index contributed by atoms with van der Waals surface area (Å²) in [6, 6.07) is 13.4. The molecule has 1 amide bonds. The number of hydrogen-bond donors (Lipinski definition) is 0. The molecule has 3 rings (SSSR count). The average Bonchev–Trinajstić information content (AvgIpc) is 2.96. The van der Waals surface area contributed by atoms with Crippen LogP contribution in [-0.2, 0) is 0 Å². The van der Waals surface area contributed by atoms with Crippen molar-refractivity contribution < 1.29 is 4.79 Å². The zero-order chi connectivity index (χ0) is 13.9. The molecule has 0 atom stereocenters.